The third kappa shape index (κ3) is 4.02. The molecule has 2 aliphatic heterocycles. The minimum absolute atomic E-state index is 0.0869. The number of hydrogen-bond donors (Lipinski definition) is 1. The monoisotopic (exact) mass is 412 g/mol. The highest BCUT2D eigenvalue weighted by Gasteiger charge is 2.54. The molecule has 1 N–H and O–H groups in total. The molecule has 2 aromatic rings. The molecule has 2 saturated heterocycles. The lowest BCUT2D eigenvalue weighted by atomic mass is 9.77. The van der Waals surface area contributed by atoms with Gasteiger partial charge in [-0.1, -0.05) is 60.1 Å². The summed E-state index contributed by atoms with van der Waals surface area (Å²) in [5, 5.41) is 3.59. The molecule has 2 heterocycles. The standard InChI is InChI=1S/C23H25ClN2O3/c24-20-9-5-4-8-19(20)23(14-18-10-11-21(27)26(18)16-23)22(28)25-12-13-29-15-17-6-2-1-3-7-17/h1-9,18H,10-16H2,(H,25,28). The van der Waals surface area contributed by atoms with Crippen LogP contribution in [0.25, 0.3) is 0 Å². The summed E-state index contributed by atoms with van der Waals surface area (Å²) in [5.41, 5.74) is 1.09. The molecule has 0 aromatic heterocycles. The maximum absolute atomic E-state index is 13.3. The summed E-state index contributed by atoms with van der Waals surface area (Å²) in [6.45, 7) is 1.73. The van der Waals surface area contributed by atoms with Crippen molar-refractivity contribution in [2.24, 2.45) is 0 Å². The first kappa shape index (κ1) is 19.9. The number of rotatable bonds is 7. The number of ether oxygens (including phenoxy) is 1. The van der Waals surface area contributed by atoms with E-state index in [1.54, 1.807) is 6.07 Å². The normalized spacial score (nSPS) is 23.3. The summed E-state index contributed by atoms with van der Waals surface area (Å²) in [6, 6.07) is 17.5. The molecule has 5 nitrogen and oxygen atoms in total. The number of carbonyl (C=O) groups excluding carboxylic acids is 2. The van der Waals surface area contributed by atoms with Crippen molar-refractivity contribution in [2.45, 2.75) is 37.3 Å². The highest BCUT2D eigenvalue weighted by atomic mass is 35.5. The summed E-state index contributed by atoms with van der Waals surface area (Å²) in [5.74, 6) is 0.0408. The van der Waals surface area contributed by atoms with Crippen LogP contribution in [-0.2, 0) is 26.3 Å². The van der Waals surface area contributed by atoms with E-state index in [9.17, 15) is 9.59 Å². The third-order valence-corrected chi connectivity index (χ3v) is 6.27. The van der Waals surface area contributed by atoms with Crippen molar-refractivity contribution in [3.05, 3.63) is 70.7 Å². The van der Waals surface area contributed by atoms with Gasteiger partial charge in [0, 0.05) is 30.6 Å². The van der Waals surface area contributed by atoms with E-state index < -0.39 is 5.41 Å². The average molecular weight is 413 g/mol. The molecule has 2 amide bonds. The van der Waals surface area contributed by atoms with Crippen molar-refractivity contribution in [1.82, 2.24) is 10.2 Å². The fraction of sp³-hybridized carbons (Fsp3) is 0.391. The number of carbonyl (C=O) groups is 2. The topological polar surface area (TPSA) is 58.6 Å². The lowest BCUT2D eigenvalue weighted by Gasteiger charge is -2.29. The zero-order valence-corrected chi connectivity index (χ0v) is 17.0. The Labute approximate surface area is 176 Å². The Morgan fingerprint density at radius 3 is 2.69 bits per heavy atom. The Morgan fingerprint density at radius 1 is 1.17 bits per heavy atom. The van der Waals surface area contributed by atoms with Crippen molar-refractivity contribution >= 4 is 23.4 Å². The van der Waals surface area contributed by atoms with Gasteiger partial charge < -0.3 is 15.0 Å². The van der Waals surface area contributed by atoms with E-state index in [2.05, 4.69) is 5.32 Å². The third-order valence-electron chi connectivity index (χ3n) is 5.94. The number of amides is 2. The number of benzene rings is 2. The fourth-order valence-electron chi connectivity index (χ4n) is 4.48. The van der Waals surface area contributed by atoms with Crippen LogP contribution in [0.1, 0.15) is 30.4 Å². The zero-order valence-electron chi connectivity index (χ0n) is 16.3. The Balaban J connectivity index is 1.42. The van der Waals surface area contributed by atoms with Crippen molar-refractivity contribution in [2.75, 3.05) is 19.7 Å². The molecule has 29 heavy (non-hydrogen) atoms. The van der Waals surface area contributed by atoms with Gasteiger partial charge in [-0.25, -0.2) is 0 Å². The molecule has 2 fully saturated rings. The first-order valence-corrected chi connectivity index (χ1v) is 10.4. The molecule has 0 radical (unpaired) electrons. The maximum Gasteiger partial charge on any atom is 0.232 e. The minimum atomic E-state index is -0.807. The fourth-order valence-corrected chi connectivity index (χ4v) is 4.80. The molecular weight excluding hydrogens is 388 g/mol. The number of nitrogens with zero attached hydrogens (tertiary/aromatic N) is 1. The lowest BCUT2D eigenvalue weighted by Crippen LogP contribution is -2.48. The molecule has 0 spiro atoms. The summed E-state index contributed by atoms with van der Waals surface area (Å²) in [4.78, 5) is 27.4. The van der Waals surface area contributed by atoms with Gasteiger partial charge in [-0.05, 0) is 30.0 Å². The molecule has 6 heteroatoms. The summed E-state index contributed by atoms with van der Waals surface area (Å²) in [6.07, 6.45) is 1.98. The van der Waals surface area contributed by atoms with Gasteiger partial charge in [-0.15, -0.1) is 0 Å². The van der Waals surface area contributed by atoms with Gasteiger partial charge in [0.1, 0.15) is 0 Å². The second-order valence-corrected chi connectivity index (χ2v) is 8.18. The van der Waals surface area contributed by atoms with Crippen LogP contribution in [0.15, 0.2) is 54.6 Å². The van der Waals surface area contributed by atoms with Crippen LogP contribution in [0.3, 0.4) is 0 Å². The molecule has 2 unspecified atom stereocenters. The minimum Gasteiger partial charge on any atom is -0.375 e. The molecule has 0 aliphatic carbocycles. The molecule has 4 rings (SSSR count). The van der Waals surface area contributed by atoms with E-state index in [0.717, 1.165) is 17.5 Å². The molecule has 2 aromatic carbocycles. The molecule has 152 valence electrons. The van der Waals surface area contributed by atoms with Crippen LogP contribution in [0.2, 0.25) is 5.02 Å². The van der Waals surface area contributed by atoms with Crippen LogP contribution in [0, 0.1) is 0 Å². The largest absolute Gasteiger partial charge is 0.375 e. The molecule has 0 saturated carbocycles. The summed E-state index contributed by atoms with van der Waals surface area (Å²) >= 11 is 6.47. The average Bonchev–Trinajstić information content (AvgIpc) is 3.28. The van der Waals surface area contributed by atoms with Crippen molar-refractivity contribution in [1.29, 1.82) is 0 Å². The first-order chi connectivity index (χ1) is 14.1. The Morgan fingerprint density at radius 2 is 1.93 bits per heavy atom. The van der Waals surface area contributed by atoms with Gasteiger partial charge in [0.25, 0.3) is 0 Å². The van der Waals surface area contributed by atoms with Crippen molar-refractivity contribution in [3.8, 4) is 0 Å². The van der Waals surface area contributed by atoms with E-state index in [4.69, 9.17) is 16.3 Å². The zero-order chi connectivity index (χ0) is 20.3. The van der Waals surface area contributed by atoms with Crippen molar-refractivity contribution < 1.29 is 14.3 Å². The van der Waals surface area contributed by atoms with Crippen LogP contribution in [0.4, 0.5) is 0 Å². The second-order valence-electron chi connectivity index (χ2n) is 7.77. The number of nitrogens with one attached hydrogen (secondary N) is 1. The number of halogens is 1. The Hall–Kier alpha value is -2.37. The molecule has 0 bridgehead atoms. The van der Waals surface area contributed by atoms with Crippen LogP contribution >= 0.6 is 11.6 Å². The molecule has 2 aliphatic rings. The van der Waals surface area contributed by atoms with Gasteiger partial charge in [-0.3, -0.25) is 9.59 Å². The Bertz CT molecular complexity index is 889. The van der Waals surface area contributed by atoms with Gasteiger partial charge in [0.05, 0.1) is 18.6 Å². The van der Waals surface area contributed by atoms with Gasteiger partial charge in [0.15, 0.2) is 0 Å². The van der Waals surface area contributed by atoms with Gasteiger partial charge in [0.2, 0.25) is 11.8 Å². The highest BCUT2D eigenvalue weighted by Crippen LogP contribution is 2.45. The highest BCUT2D eigenvalue weighted by molar-refractivity contribution is 6.31. The van der Waals surface area contributed by atoms with Crippen LogP contribution in [-0.4, -0.2) is 42.5 Å². The predicted octanol–water partition coefficient (Wildman–Crippen LogP) is 3.31. The van der Waals surface area contributed by atoms with E-state index in [-0.39, 0.29) is 17.9 Å². The van der Waals surface area contributed by atoms with E-state index in [1.165, 1.54) is 0 Å². The second kappa shape index (κ2) is 8.56. The van der Waals surface area contributed by atoms with E-state index >= 15 is 0 Å². The van der Waals surface area contributed by atoms with Crippen LogP contribution in [0.5, 0.6) is 0 Å². The number of fused-ring (bicyclic) bond motifs is 1. The lowest BCUT2D eigenvalue weighted by molar-refractivity contribution is -0.129. The summed E-state index contributed by atoms with van der Waals surface area (Å²) in [7, 11) is 0. The van der Waals surface area contributed by atoms with Gasteiger partial charge >= 0.3 is 0 Å². The smallest absolute Gasteiger partial charge is 0.232 e. The quantitative estimate of drug-likeness (QED) is 0.710. The van der Waals surface area contributed by atoms with E-state index in [0.29, 0.717) is 44.2 Å². The maximum atomic E-state index is 13.3. The van der Waals surface area contributed by atoms with Crippen LogP contribution < -0.4 is 5.32 Å². The predicted molar refractivity (Wildman–Crippen MR) is 112 cm³/mol. The van der Waals surface area contributed by atoms with Gasteiger partial charge in [-0.2, -0.15) is 0 Å². The number of hydrogen-bond acceptors (Lipinski definition) is 3. The molecule has 2 atom stereocenters. The SMILES string of the molecule is O=C1CCC2CC(C(=O)NCCOCc3ccccc3)(c3ccccc3Cl)CN12. The summed E-state index contributed by atoms with van der Waals surface area (Å²) < 4.78 is 5.68. The van der Waals surface area contributed by atoms with Crippen molar-refractivity contribution in [3.63, 3.8) is 0 Å². The van der Waals surface area contributed by atoms with E-state index in [1.807, 2.05) is 53.4 Å². The Kier molecular flexibility index (Phi) is 5.88. The molecular formula is C23H25ClN2O3. The first-order valence-electron chi connectivity index (χ1n) is 10.0.